The Hall–Kier alpha value is -0.440. The molecule has 0 spiro atoms. The zero-order valence-electron chi connectivity index (χ0n) is 9.34. The molecule has 1 aromatic rings. The number of hydrogen-bond acceptors (Lipinski definition) is 1. The Labute approximate surface area is 115 Å². The molecule has 0 aromatic heterocycles. The fourth-order valence-electron chi connectivity index (χ4n) is 1.97. The predicted octanol–water partition coefficient (Wildman–Crippen LogP) is 3.89. The van der Waals surface area contributed by atoms with Gasteiger partial charge in [-0.25, -0.2) is 0 Å². The highest BCUT2D eigenvalue weighted by Gasteiger charge is 2.31. The number of rotatable bonds is 2. The lowest BCUT2D eigenvalue weighted by Crippen LogP contribution is -2.25. The number of aryl methyl sites for hydroxylation is 1. The highest BCUT2D eigenvalue weighted by Crippen LogP contribution is 2.35. The van der Waals surface area contributed by atoms with Gasteiger partial charge in [0.25, 0.3) is 0 Å². The van der Waals surface area contributed by atoms with Crippen molar-refractivity contribution in [2.45, 2.75) is 13.3 Å². The Morgan fingerprint density at radius 2 is 2.06 bits per heavy atom. The Balaban J connectivity index is 2.35. The van der Waals surface area contributed by atoms with E-state index in [0.717, 1.165) is 11.3 Å². The van der Waals surface area contributed by atoms with Gasteiger partial charge >= 0.3 is 0 Å². The standard InChI is InChI=1S/C12H12Cl3NO/c1-7-2-11(10(15)4-9(7)14)16-6-8(5-13)3-12(16)17/h2,4,8H,3,5-6H2,1H3. The molecule has 0 radical (unpaired) electrons. The smallest absolute Gasteiger partial charge is 0.227 e. The fraction of sp³-hybridized carbons (Fsp3) is 0.417. The average molecular weight is 293 g/mol. The molecule has 1 heterocycles. The first kappa shape index (κ1) is 13.0. The molecule has 0 bridgehead atoms. The number of anilines is 1. The first-order chi connectivity index (χ1) is 8.02. The van der Waals surface area contributed by atoms with Gasteiger partial charge in [-0.1, -0.05) is 23.2 Å². The van der Waals surface area contributed by atoms with Crippen LogP contribution in [0.5, 0.6) is 0 Å². The minimum atomic E-state index is 0.0688. The molecule has 0 saturated carbocycles. The molecule has 1 fully saturated rings. The van der Waals surface area contributed by atoms with E-state index < -0.39 is 0 Å². The first-order valence-electron chi connectivity index (χ1n) is 5.35. The van der Waals surface area contributed by atoms with E-state index >= 15 is 0 Å². The summed E-state index contributed by atoms with van der Waals surface area (Å²) in [6, 6.07) is 3.52. The van der Waals surface area contributed by atoms with E-state index in [0.29, 0.717) is 28.9 Å². The number of benzene rings is 1. The molecule has 2 nitrogen and oxygen atoms in total. The maximum atomic E-state index is 11.9. The number of halogens is 3. The normalized spacial score (nSPS) is 20.1. The topological polar surface area (TPSA) is 20.3 Å². The van der Waals surface area contributed by atoms with Crippen molar-refractivity contribution in [3.63, 3.8) is 0 Å². The van der Waals surface area contributed by atoms with Crippen LogP contribution in [-0.4, -0.2) is 18.3 Å². The zero-order valence-corrected chi connectivity index (χ0v) is 11.6. The van der Waals surface area contributed by atoms with Crippen molar-refractivity contribution in [2.75, 3.05) is 17.3 Å². The van der Waals surface area contributed by atoms with Gasteiger partial charge in [0.2, 0.25) is 5.91 Å². The van der Waals surface area contributed by atoms with E-state index in [2.05, 4.69) is 0 Å². The number of carbonyl (C=O) groups is 1. The van der Waals surface area contributed by atoms with Gasteiger partial charge in [0.1, 0.15) is 0 Å². The number of alkyl halides is 1. The molecule has 1 saturated heterocycles. The van der Waals surface area contributed by atoms with Crippen LogP contribution in [0, 0.1) is 12.8 Å². The summed E-state index contributed by atoms with van der Waals surface area (Å²) < 4.78 is 0. The van der Waals surface area contributed by atoms with Gasteiger partial charge in [-0.3, -0.25) is 4.79 Å². The van der Waals surface area contributed by atoms with E-state index in [1.54, 1.807) is 11.0 Å². The lowest BCUT2D eigenvalue weighted by atomic mass is 10.1. The molecule has 2 rings (SSSR count). The molecule has 1 aliphatic heterocycles. The van der Waals surface area contributed by atoms with Crippen molar-refractivity contribution in [3.8, 4) is 0 Å². The molecule has 17 heavy (non-hydrogen) atoms. The van der Waals surface area contributed by atoms with Crippen molar-refractivity contribution in [3.05, 3.63) is 27.7 Å². The second-order valence-electron chi connectivity index (χ2n) is 4.28. The molecule has 92 valence electrons. The second kappa shape index (κ2) is 5.05. The Kier molecular flexibility index (Phi) is 3.86. The van der Waals surface area contributed by atoms with Gasteiger partial charge in [0.05, 0.1) is 10.7 Å². The largest absolute Gasteiger partial charge is 0.311 e. The number of carbonyl (C=O) groups excluding carboxylic acids is 1. The average Bonchev–Trinajstić information content (AvgIpc) is 2.65. The summed E-state index contributed by atoms with van der Waals surface area (Å²) in [7, 11) is 0. The summed E-state index contributed by atoms with van der Waals surface area (Å²) in [5.41, 5.74) is 1.64. The van der Waals surface area contributed by atoms with Crippen LogP contribution in [-0.2, 0) is 4.79 Å². The minimum absolute atomic E-state index is 0.0688. The van der Waals surface area contributed by atoms with E-state index in [4.69, 9.17) is 34.8 Å². The number of amides is 1. The van der Waals surface area contributed by atoms with Gasteiger partial charge in [-0.2, -0.15) is 0 Å². The van der Waals surface area contributed by atoms with Gasteiger partial charge in [-0.15, -0.1) is 11.6 Å². The van der Waals surface area contributed by atoms with Crippen LogP contribution in [0.15, 0.2) is 12.1 Å². The quantitative estimate of drug-likeness (QED) is 0.757. The molecule has 1 atom stereocenters. The third-order valence-electron chi connectivity index (χ3n) is 2.94. The van der Waals surface area contributed by atoms with E-state index in [-0.39, 0.29) is 11.8 Å². The maximum Gasteiger partial charge on any atom is 0.227 e. The summed E-state index contributed by atoms with van der Waals surface area (Å²) >= 11 is 17.9. The van der Waals surface area contributed by atoms with Gasteiger partial charge in [-0.05, 0) is 30.5 Å². The summed E-state index contributed by atoms with van der Waals surface area (Å²) in [6.07, 6.45) is 0.488. The summed E-state index contributed by atoms with van der Waals surface area (Å²) in [4.78, 5) is 13.6. The molecular formula is C12H12Cl3NO. The SMILES string of the molecule is Cc1cc(N2CC(CCl)CC2=O)c(Cl)cc1Cl. The number of nitrogens with zero attached hydrogens (tertiary/aromatic N) is 1. The van der Waals surface area contributed by atoms with Crippen LogP contribution >= 0.6 is 34.8 Å². The maximum absolute atomic E-state index is 11.9. The summed E-state index contributed by atoms with van der Waals surface area (Å²) in [5.74, 6) is 0.766. The van der Waals surface area contributed by atoms with Crippen molar-refractivity contribution >= 4 is 46.4 Å². The molecule has 1 aliphatic rings. The zero-order chi connectivity index (χ0) is 12.6. The van der Waals surface area contributed by atoms with E-state index in [1.807, 2.05) is 13.0 Å². The molecule has 1 aromatic carbocycles. The Morgan fingerprint density at radius 1 is 1.35 bits per heavy atom. The molecule has 0 N–H and O–H groups in total. The highest BCUT2D eigenvalue weighted by atomic mass is 35.5. The molecule has 1 unspecified atom stereocenters. The lowest BCUT2D eigenvalue weighted by Gasteiger charge is -2.19. The van der Waals surface area contributed by atoms with Gasteiger partial charge in [0, 0.05) is 23.9 Å². The van der Waals surface area contributed by atoms with Gasteiger partial charge in [0.15, 0.2) is 0 Å². The first-order valence-corrected chi connectivity index (χ1v) is 6.64. The molecular weight excluding hydrogens is 280 g/mol. The van der Waals surface area contributed by atoms with Gasteiger partial charge < -0.3 is 4.90 Å². The minimum Gasteiger partial charge on any atom is -0.311 e. The Bertz CT molecular complexity index is 461. The van der Waals surface area contributed by atoms with Crippen LogP contribution < -0.4 is 4.90 Å². The Morgan fingerprint density at radius 3 is 2.65 bits per heavy atom. The molecule has 5 heteroatoms. The monoisotopic (exact) mass is 291 g/mol. The highest BCUT2D eigenvalue weighted by molar-refractivity contribution is 6.37. The fourth-order valence-corrected chi connectivity index (χ4v) is 2.66. The molecule has 0 aliphatic carbocycles. The lowest BCUT2D eigenvalue weighted by molar-refractivity contribution is -0.117. The second-order valence-corrected chi connectivity index (χ2v) is 5.40. The number of hydrogen-bond donors (Lipinski definition) is 0. The van der Waals surface area contributed by atoms with Crippen LogP contribution in [0.4, 0.5) is 5.69 Å². The third-order valence-corrected chi connectivity index (χ3v) is 4.09. The van der Waals surface area contributed by atoms with Crippen molar-refractivity contribution in [1.29, 1.82) is 0 Å². The van der Waals surface area contributed by atoms with Crippen LogP contribution in [0.3, 0.4) is 0 Å². The van der Waals surface area contributed by atoms with Crippen LogP contribution in [0.1, 0.15) is 12.0 Å². The summed E-state index contributed by atoms with van der Waals surface area (Å²) in [6.45, 7) is 2.52. The van der Waals surface area contributed by atoms with Crippen molar-refractivity contribution in [1.82, 2.24) is 0 Å². The van der Waals surface area contributed by atoms with Crippen LogP contribution in [0.25, 0.3) is 0 Å². The van der Waals surface area contributed by atoms with E-state index in [9.17, 15) is 4.79 Å². The van der Waals surface area contributed by atoms with Crippen LogP contribution in [0.2, 0.25) is 10.0 Å². The van der Waals surface area contributed by atoms with E-state index in [1.165, 1.54) is 0 Å². The predicted molar refractivity (Wildman–Crippen MR) is 72.4 cm³/mol. The molecule has 1 amide bonds. The third kappa shape index (κ3) is 2.54. The van der Waals surface area contributed by atoms with Crippen molar-refractivity contribution in [2.24, 2.45) is 5.92 Å². The van der Waals surface area contributed by atoms with Crippen molar-refractivity contribution < 1.29 is 4.79 Å². The summed E-state index contributed by atoms with van der Waals surface area (Å²) in [5, 5.41) is 1.11.